The van der Waals surface area contributed by atoms with Crippen LogP contribution in [0, 0.1) is 0 Å². The molecule has 1 amide bonds. The van der Waals surface area contributed by atoms with Crippen LogP contribution >= 0.6 is 23.2 Å². The van der Waals surface area contributed by atoms with Crippen LogP contribution in [0.4, 0.5) is 5.69 Å². The minimum absolute atomic E-state index is 0.244. The van der Waals surface area contributed by atoms with Crippen LogP contribution in [0.25, 0.3) is 0 Å². The highest BCUT2D eigenvalue weighted by Gasteiger charge is 2.29. The second-order valence-corrected chi connectivity index (χ2v) is 10.6. The van der Waals surface area contributed by atoms with Gasteiger partial charge in [-0.2, -0.15) is 0 Å². The lowest BCUT2D eigenvalue weighted by Gasteiger charge is -2.28. The molecule has 1 saturated heterocycles. The normalized spacial score (nSPS) is 15.6. The fourth-order valence-electron chi connectivity index (χ4n) is 3.77. The van der Waals surface area contributed by atoms with Crippen molar-refractivity contribution < 1.29 is 13.2 Å². The molecule has 0 aliphatic carbocycles. The first kappa shape index (κ1) is 23.9. The van der Waals surface area contributed by atoms with Gasteiger partial charge in [-0.1, -0.05) is 47.5 Å². The highest BCUT2D eigenvalue weighted by molar-refractivity contribution is 7.92. The number of carbonyl (C=O) groups is 1. The predicted octanol–water partition coefficient (Wildman–Crippen LogP) is 4.06. The van der Waals surface area contributed by atoms with E-state index in [2.05, 4.69) is 22.3 Å². The second-order valence-electron chi connectivity index (χ2n) is 7.88. The topological polar surface area (TPSA) is 69.7 Å². The van der Waals surface area contributed by atoms with Crippen molar-refractivity contribution in [3.8, 4) is 0 Å². The Balaban J connectivity index is 1.65. The van der Waals surface area contributed by atoms with Gasteiger partial charge in [0.1, 0.15) is 6.04 Å². The van der Waals surface area contributed by atoms with E-state index in [1.807, 2.05) is 12.1 Å². The number of halogens is 2. The minimum atomic E-state index is -3.75. The third-order valence-corrected chi connectivity index (χ3v) is 6.96. The van der Waals surface area contributed by atoms with E-state index in [4.69, 9.17) is 23.2 Å². The number of nitrogens with zero attached hydrogens (tertiary/aromatic N) is 2. The van der Waals surface area contributed by atoms with Gasteiger partial charge in [0, 0.05) is 23.1 Å². The number of hydrogen-bond acceptors (Lipinski definition) is 4. The molecule has 1 aliphatic heterocycles. The van der Waals surface area contributed by atoms with Gasteiger partial charge < -0.3 is 5.32 Å². The highest BCUT2D eigenvalue weighted by atomic mass is 35.5. The third-order valence-electron chi connectivity index (χ3n) is 5.28. The lowest BCUT2D eigenvalue weighted by Crippen LogP contribution is -2.47. The molecule has 31 heavy (non-hydrogen) atoms. The van der Waals surface area contributed by atoms with E-state index < -0.39 is 22.0 Å². The molecule has 9 heteroatoms. The van der Waals surface area contributed by atoms with Crippen molar-refractivity contribution in [1.82, 2.24) is 10.2 Å². The second kappa shape index (κ2) is 10.2. The molecule has 0 saturated carbocycles. The summed E-state index contributed by atoms with van der Waals surface area (Å²) in [5.41, 5.74) is 2.43. The number of nitrogens with one attached hydrogen (secondary N) is 1. The zero-order valence-electron chi connectivity index (χ0n) is 17.6. The molecule has 1 N–H and O–H groups in total. The number of carbonyl (C=O) groups excluding carboxylic acids is 1. The molecule has 6 nitrogen and oxygen atoms in total. The van der Waals surface area contributed by atoms with Crippen LogP contribution < -0.4 is 9.62 Å². The summed E-state index contributed by atoms with van der Waals surface area (Å²) in [4.78, 5) is 15.2. The van der Waals surface area contributed by atoms with Crippen molar-refractivity contribution in [2.75, 3.05) is 23.7 Å². The molecule has 0 radical (unpaired) electrons. The van der Waals surface area contributed by atoms with Gasteiger partial charge in [-0.3, -0.25) is 14.0 Å². The van der Waals surface area contributed by atoms with Gasteiger partial charge >= 0.3 is 0 Å². The summed E-state index contributed by atoms with van der Waals surface area (Å²) in [6.07, 6.45) is 3.56. The Labute approximate surface area is 194 Å². The maximum atomic E-state index is 12.8. The third kappa shape index (κ3) is 6.59. The summed E-state index contributed by atoms with van der Waals surface area (Å²) in [6, 6.07) is 11.6. The summed E-state index contributed by atoms with van der Waals surface area (Å²) >= 11 is 12.1. The number of rotatable bonds is 8. The molecular weight excluding hydrogens is 457 g/mol. The fourth-order valence-corrected chi connectivity index (χ4v) is 5.45. The molecule has 2 aromatic rings. The first-order valence-electron chi connectivity index (χ1n) is 10.2. The number of amides is 1. The van der Waals surface area contributed by atoms with Crippen LogP contribution in [0.3, 0.4) is 0 Å². The van der Waals surface area contributed by atoms with Gasteiger partial charge in [0.2, 0.25) is 15.9 Å². The van der Waals surface area contributed by atoms with Crippen LogP contribution in [0.1, 0.15) is 30.9 Å². The summed E-state index contributed by atoms with van der Waals surface area (Å²) < 4.78 is 25.8. The quantitative estimate of drug-likeness (QED) is 0.614. The molecule has 0 spiro atoms. The van der Waals surface area contributed by atoms with Gasteiger partial charge in [0.25, 0.3) is 0 Å². The average molecular weight is 484 g/mol. The predicted molar refractivity (Wildman–Crippen MR) is 126 cm³/mol. The van der Waals surface area contributed by atoms with Crippen molar-refractivity contribution in [1.29, 1.82) is 0 Å². The van der Waals surface area contributed by atoms with Gasteiger partial charge in [0.05, 0.1) is 11.9 Å². The summed E-state index contributed by atoms with van der Waals surface area (Å²) in [5, 5.41) is 3.40. The molecule has 1 heterocycles. The van der Waals surface area contributed by atoms with E-state index in [9.17, 15) is 13.2 Å². The molecule has 0 bridgehead atoms. The van der Waals surface area contributed by atoms with E-state index in [1.165, 1.54) is 43.5 Å². The van der Waals surface area contributed by atoms with Crippen molar-refractivity contribution in [2.24, 2.45) is 0 Å². The number of anilines is 1. The summed E-state index contributed by atoms with van der Waals surface area (Å²) in [5.74, 6) is -0.414. The lowest BCUT2D eigenvalue weighted by atomic mass is 10.1. The Morgan fingerprint density at radius 3 is 2.16 bits per heavy atom. The molecule has 168 valence electrons. The standard InChI is InChI=1S/C22H27Cl2N3O3S/c1-16(27(31(2,29)30)21-12-19(23)11-20(24)13-21)22(28)25-14-17-5-7-18(8-6-17)15-26-9-3-4-10-26/h5-8,11-13,16H,3-4,9-10,14-15H2,1-2H3,(H,25,28)/t16-/m0/s1. The fraction of sp³-hybridized carbons (Fsp3) is 0.409. The Bertz CT molecular complexity index is 1000. The maximum absolute atomic E-state index is 12.8. The molecular formula is C22H27Cl2N3O3S. The van der Waals surface area contributed by atoms with E-state index >= 15 is 0 Å². The molecule has 1 atom stereocenters. The van der Waals surface area contributed by atoms with Crippen LogP contribution in [0.2, 0.25) is 10.0 Å². The van der Waals surface area contributed by atoms with E-state index in [-0.39, 0.29) is 15.7 Å². The largest absolute Gasteiger partial charge is 0.350 e. The maximum Gasteiger partial charge on any atom is 0.243 e. The molecule has 1 fully saturated rings. The number of likely N-dealkylation sites (tertiary alicyclic amines) is 1. The van der Waals surface area contributed by atoms with Crippen LogP contribution in [-0.4, -0.2) is 44.6 Å². The van der Waals surface area contributed by atoms with Gasteiger partial charge in [-0.05, 0) is 62.2 Å². The molecule has 0 unspecified atom stereocenters. The first-order valence-corrected chi connectivity index (χ1v) is 12.8. The molecule has 2 aromatic carbocycles. The monoisotopic (exact) mass is 483 g/mol. The highest BCUT2D eigenvalue weighted by Crippen LogP contribution is 2.28. The molecule has 1 aliphatic rings. The van der Waals surface area contributed by atoms with Crippen molar-refractivity contribution in [3.05, 3.63) is 63.6 Å². The Morgan fingerprint density at radius 2 is 1.61 bits per heavy atom. The van der Waals surface area contributed by atoms with Crippen molar-refractivity contribution >= 4 is 44.8 Å². The molecule has 3 rings (SSSR count). The summed E-state index contributed by atoms with van der Waals surface area (Å²) in [7, 11) is -3.75. The zero-order chi connectivity index (χ0) is 22.6. The van der Waals surface area contributed by atoms with Crippen molar-refractivity contribution in [2.45, 2.75) is 38.9 Å². The van der Waals surface area contributed by atoms with Crippen molar-refractivity contribution in [3.63, 3.8) is 0 Å². The Hall–Kier alpha value is -1.80. The first-order chi connectivity index (χ1) is 14.6. The van der Waals surface area contributed by atoms with Gasteiger partial charge in [-0.15, -0.1) is 0 Å². The Kier molecular flexibility index (Phi) is 7.86. The van der Waals surface area contributed by atoms with E-state index in [0.717, 1.165) is 35.8 Å². The van der Waals surface area contributed by atoms with E-state index in [1.54, 1.807) is 0 Å². The number of hydrogen-bond donors (Lipinski definition) is 1. The van der Waals surface area contributed by atoms with Crippen LogP contribution in [0.15, 0.2) is 42.5 Å². The van der Waals surface area contributed by atoms with Crippen LogP contribution in [0.5, 0.6) is 0 Å². The molecule has 0 aromatic heterocycles. The number of benzene rings is 2. The van der Waals surface area contributed by atoms with Crippen LogP contribution in [-0.2, 0) is 27.9 Å². The SMILES string of the molecule is C[C@@H](C(=O)NCc1ccc(CN2CCCC2)cc1)N(c1cc(Cl)cc(Cl)c1)S(C)(=O)=O. The Morgan fingerprint density at radius 1 is 1.06 bits per heavy atom. The zero-order valence-corrected chi connectivity index (χ0v) is 20.0. The van der Waals surface area contributed by atoms with Gasteiger partial charge in [-0.25, -0.2) is 8.42 Å². The number of sulfonamides is 1. The minimum Gasteiger partial charge on any atom is -0.350 e. The summed E-state index contributed by atoms with van der Waals surface area (Å²) in [6.45, 7) is 5.06. The smallest absolute Gasteiger partial charge is 0.243 e. The average Bonchev–Trinajstić information content (AvgIpc) is 3.18. The van der Waals surface area contributed by atoms with E-state index in [0.29, 0.717) is 6.54 Å². The lowest BCUT2D eigenvalue weighted by molar-refractivity contribution is -0.122. The van der Waals surface area contributed by atoms with Gasteiger partial charge in [0.15, 0.2) is 0 Å².